The molecule has 0 spiro atoms. The lowest BCUT2D eigenvalue weighted by molar-refractivity contribution is -0.125. The fourth-order valence-electron chi connectivity index (χ4n) is 4.37. The Balaban J connectivity index is 1.46. The van der Waals surface area contributed by atoms with Crippen LogP contribution in [0, 0.1) is 5.92 Å². The predicted molar refractivity (Wildman–Crippen MR) is 97.5 cm³/mol. The fraction of sp³-hybridized carbons (Fsp3) is 0.400. The van der Waals surface area contributed by atoms with Gasteiger partial charge in [0.05, 0.1) is 5.92 Å². The molecule has 5 nitrogen and oxygen atoms in total. The van der Waals surface area contributed by atoms with E-state index in [2.05, 4.69) is 39.5 Å². The molecule has 25 heavy (non-hydrogen) atoms. The minimum Gasteiger partial charge on any atom is -0.383 e. The summed E-state index contributed by atoms with van der Waals surface area (Å²) in [5, 5.41) is 3.08. The molecule has 5 heteroatoms. The number of aromatic nitrogens is 1. The van der Waals surface area contributed by atoms with Crippen LogP contribution in [0.2, 0.25) is 0 Å². The van der Waals surface area contributed by atoms with Crippen LogP contribution in [0.25, 0.3) is 0 Å². The zero-order chi connectivity index (χ0) is 17.2. The fourth-order valence-corrected chi connectivity index (χ4v) is 4.37. The number of rotatable bonds is 4. The lowest BCUT2D eigenvalue weighted by Crippen LogP contribution is -2.37. The summed E-state index contributed by atoms with van der Waals surface area (Å²) in [6.45, 7) is 1.53. The zero-order valence-electron chi connectivity index (χ0n) is 14.3. The molecule has 2 aromatic rings. The number of carbonyl (C=O) groups excluding carboxylic acids is 1. The van der Waals surface area contributed by atoms with Crippen molar-refractivity contribution in [2.24, 2.45) is 5.92 Å². The van der Waals surface area contributed by atoms with Crippen LogP contribution in [0.3, 0.4) is 0 Å². The smallest absolute Gasteiger partial charge is 0.225 e. The molecule has 3 heterocycles. The third-order valence-electron chi connectivity index (χ3n) is 5.58. The third-order valence-corrected chi connectivity index (χ3v) is 5.58. The normalized spacial score (nSPS) is 25.7. The Morgan fingerprint density at radius 2 is 2.08 bits per heavy atom. The molecule has 3 N–H and O–H groups in total. The van der Waals surface area contributed by atoms with E-state index in [1.807, 2.05) is 18.2 Å². The molecule has 2 fully saturated rings. The standard InChI is InChI=1S/C20H24N4O/c21-19-15(8-4-10-22-19)13-23-20(25)16-12-18(14-6-2-1-3-7-14)24-11-5-9-17(16)24/h1-4,6-8,10,16-18H,5,9,11-13H2,(H2,21,22)(H,23,25)/t16-,17+,18-/m1/s1. The highest BCUT2D eigenvalue weighted by molar-refractivity contribution is 5.80. The number of amides is 1. The number of nitrogens with two attached hydrogens (primary N) is 1. The number of nitrogens with one attached hydrogen (secondary N) is 1. The number of hydrogen-bond donors (Lipinski definition) is 2. The van der Waals surface area contributed by atoms with Gasteiger partial charge in [-0.1, -0.05) is 36.4 Å². The minimum atomic E-state index is 0.0469. The largest absolute Gasteiger partial charge is 0.383 e. The molecule has 0 bridgehead atoms. The Hall–Kier alpha value is -2.40. The van der Waals surface area contributed by atoms with Gasteiger partial charge in [-0.3, -0.25) is 9.69 Å². The van der Waals surface area contributed by atoms with Crippen molar-refractivity contribution in [3.8, 4) is 0 Å². The molecule has 0 radical (unpaired) electrons. The van der Waals surface area contributed by atoms with E-state index in [1.54, 1.807) is 6.20 Å². The van der Waals surface area contributed by atoms with E-state index in [9.17, 15) is 4.79 Å². The number of hydrogen-bond acceptors (Lipinski definition) is 4. The van der Waals surface area contributed by atoms with Crippen LogP contribution >= 0.6 is 0 Å². The molecule has 0 aliphatic carbocycles. The summed E-state index contributed by atoms with van der Waals surface area (Å²) < 4.78 is 0. The highest BCUT2D eigenvalue weighted by Gasteiger charge is 2.46. The Morgan fingerprint density at radius 1 is 1.24 bits per heavy atom. The molecule has 1 aromatic heterocycles. The molecular weight excluding hydrogens is 312 g/mol. The van der Waals surface area contributed by atoms with E-state index in [4.69, 9.17) is 5.73 Å². The van der Waals surface area contributed by atoms with Crippen molar-refractivity contribution in [3.63, 3.8) is 0 Å². The van der Waals surface area contributed by atoms with Crippen LogP contribution in [0.1, 0.15) is 36.4 Å². The van der Waals surface area contributed by atoms with Crippen LogP contribution in [0.5, 0.6) is 0 Å². The van der Waals surface area contributed by atoms with Gasteiger partial charge in [0.1, 0.15) is 5.82 Å². The Labute approximate surface area is 148 Å². The first-order valence-electron chi connectivity index (χ1n) is 9.02. The molecule has 0 unspecified atom stereocenters. The number of benzene rings is 1. The summed E-state index contributed by atoms with van der Waals surface area (Å²) >= 11 is 0. The maximum Gasteiger partial charge on any atom is 0.225 e. The van der Waals surface area contributed by atoms with E-state index < -0.39 is 0 Å². The van der Waals surface area contributed by atoms with Crippen molar-refractivity contribution in [3.05, 3.63) is 59.8 Å². The Kier molecular flexibility index (Phi) is 4.40. The summed E-state index contributed by atoms with van der Waals surface area (Å²) in [5.74, 6) is 0.670. The number of pyridine rings is 1. The first kappa shape index (κ1) is 16.1. The van der Waals surface area contributed by atoms with Crippen LogP contribution in [0.4, 0.5) is 5.82 Å². The van der Waals surface area contributed by atoms with Crippen molar-refractivity contribution in [1.29, 1.82) is 0 Å². The number of fused-ring (bicyclic) bond motifs is 1. The summed E-state index contributed by atoms with van der Waals surface area (Å²) in [6.07, 6.45) is 4.84. The first-order chi connectivity index (χ1) is 12.2. The van der Waals surface area contributed by atoms with E-state index in [1.165, 1.54) is 12.0 Å². The Bertz CT molecular complexity index is 748. The van der Waals surface area contributed by atoms with Crippen molar-refractivity contribution < 1.29 is 4.79 Å². The average molecular weight is 336 g/mol. The van der Waals surface area contributed by atoms with Crippen molar-refractivity contribution >= 4 is 11.7 Å². The number of nitrogens with zero attached hydrogens (tertiary/aromatic N) is 2. The summed E-state index contributed by atoms with van der Waals surface area (Å²) in [5.41, 5.74) is 8.07. The molecule has 0 saturated carbocycles. The maximum atomic E-state index is 12.9. The summed E-state index contributed by atoms with van der Waals surface area (Å²) in [4.78, 5) is 19.5. The van der Waals surface area contributed by atoms with E-state index >= 15 is 0 Å². The van der Waals surface area contributed by atoms with E-state index in [0.29, 0.717) is 24.4 Å². The van der Waals surface area contributed by atoms with Crippen molar-refractivity contribution in [2.45, 2.75) is 37.9 Å². The lowest BCUT2D eigenvalue weighted by Gasteiger charge is -2.24. The highest BCUT2D eigenvalue weighted by Crippen LogP contribution is 2.44. The van der Waals surface area contributed by atoms with Crippen LogP contribution < -0.4 is 11.1 Å². The molecule has 3 atom stereocenters. The second kappa shape index (κ2) is 6.84. The number of anilines is 1. The van der Waals surface area contributed by atoms with Gasteiger partial charge in [-0.25, -0.2) is 4.98 Å². The number of carbonyl (C=O) groups is 1. The SMILES string of the molecule is Nc1ncccc1CNC(=O)[C@@H]1C[C@H](c2ccccc2)N2CCC[C@@H]12. The van der Waals surface area contributed by atoms with Gasteiger partial charge in [0.2, 0.25) is 5.91 Å². The van der Waals surface area contributed by atoms with Gasteiger partial charge in [-0.05, 0) is 37.4 Å². The quantitative estimate of drug-likeness (QED) is 0.900. The third kappa shape index (κ3) is 3.12. The maximum absolute atomic E-state index is 12.9. The monoisotopic (exact) mass is 336 g/mol. The topological polar surface area (TPSA) is 71.2 Å². The highest BCUT2D eigenvalue weighted by atomic mass is 16.2. The second-order valence-electron chi connectivity index (χ2n) is 6.98. The van der Waals surface area contributed by atoms with Crippen molar-refractivity contribution in [2.75, 3.05) is 12.3 Å². The van der Waals surface area contributed by atoms with Crippen LogP contribution in [-0.4, -0.2) is 28.4 Å². The lowest BCUT2D eigenvalue weighted by atomic mass is 9.93. The van der Waals surface area contributed by atoms with Crippen LogP contribution in [-0.2, 0) is 11.3 Å². The molecule has 130 valence electrons. The van der Waals surface area contributed by atoms with Crippen LogP contribution in [0.15, 0.2) is 48.7 Å². The van der Waals surface area contributed by atoms with Crippen molar-refractivity contribution in [1.82, 2.24) is 15.2 Å². The van der Waals surface area contributed by atoms with Gasteiger partial charge in [-0.2, -0.15) is 0 Å². The molecule has 1 amide bonds. The molecule has 2 saturated heterocycles. The van der Waals surface area contributed by atoms with Gasteiger partial charge >= 0.3 is 0 Å². The number of nitrogen functional groups attached to an aromatic ring is 1. The van der Waals surface area contributed by atoms with Gasteiger partial charge in [0, 0.05) is 30.4 Å². The molecule has 1 aromatic carbocycles. The summed E-state index contributed by atoms with van der Waals surface area (Å²) in [7, 11) is 0. The van der Waals surface area contributed by atoms with E-state index in [-0.39, 0.29) is 11.8 Å². The van der Waals surface area contributed by atoms with Gasteiger partial charge < -0.3 is 11.1 Å². The molecule has 4 rings (SSSR count). The zero-order valence-corrected chi connectivity index (χ0v) is 14.3. The van der Waals surface area contributed by atoms with Gasteiger partial charge in [-0.15, -0.1) is 0 Å². The molecular formula is C20H24N4O. The predicted octanol–water partition coefficient (Wildman–Crippen LogP) is 2.51. The molecule has 2 aliphatic heterocycles. The minimum absolute atomic E-state index is 0.0469. The van der Waals surface area contributed by atoms with Gasteiger partial charge in [0.15, 0.2) is 0 Å². The first-order valence-corrected chi connectivity index (χ1v) is 9.02. The van der Waals surface area contributed by atoms with E-state index in [0.717, 1.165) is 24.9 Å². The Morgan fingerprint density at radius 3 is 2.88 bits per heavy atom. The molecule has 2 aliphatic rings. The second-order valence-corrected chi connectivity index (χ2v) is 6.98. The summed E-state index contributed by atoms with van der Waals surface area (Å²) in [6, 6.07) is 15.0. The van der Waals surface area contributed by atoms with Gasteiger partial charge in [0.25, 0.3) is 0 Å². The average Bonchev–Trinajstić information content (AvgIpc) is 3.24.